The minimum absolute atomic E-state index is 0.0726. The van der Waals surface area contributed by atoms with Crippen LogP contribution in [0.15, 0.2) is 72.7 Å². The highest BCUT2D eigenvalue weighted by Crippen LogP contribution is 2.35. The molecule has 1 amide bonds. The van der Waals surface area contributed by atoms with E-state index in [0.717, 1.165) is 16.3 Å². The molecule has 1 N–H and O–H groups in total. The number of amides is 1. The van der Waals surface area contributed by atoms with Crippen LogP contribution in [0.5, 0.6) is 23.0 Å². The van der Waals surface area contributed by atoms with Crippen molar-refractivity contribution in [2.24, 2.45) is 0 Å². The van der Waals surface area contributed by atoms with E-state index in [1.807, 2.05) is 47.2 Å². The fraction of sp³-hybridized carbons (Fsp3) is 0.133. The number of rotatable bonds is 8. The Labute approximate surface area is 230 Å². The van der Waals surface area contributed by atoms with Crippen LogP contribution >= 0.6 is 0 Å². The standard InChI is InChI=1S/C30H25N5O5/c1-37-25-10-9-20(12-26(25)38-2)34-30(36)18(15-31)11-19-16-35(24-8-6-5-7-21(19)24)29-22-13-27(39-3)28(40-4)14-23(22)32-17-33-29/h5-14,16-17H,1-4H3,(H,34,36)/b18-11+. The summed E-state index contributed by atoms with van der Waals surface area (Å²) in [6.07, 6.45) is 4.87. The van der Waals surface area contributed by atoms with Gasteiger partial charge in [-0.25, -0.2) is 9.97 Å². The van der Waals surface area contributed by atoms with Crippen molar-refractivity contribution in [1.29, 1.82) is 5.26 Å². The Bertz CT molecular complexity index is 1820. The third-order valence-corrected chi connectivity index (χ3v) is 6.40. The lowest BCUT2D eigenvalue weighted by molar-refractivity contribution is -0.112. The first-order valence-electron chi connectivity index (χ1n) is 12.1. The van der Waals surface area contributed by atoms with Gasteiger partial charge in [0.2, 0.25) is 0 Å². The average molecular weight is 536 g/mol. The van der Waals surface area contributed by atoms with Crippen LogP contribution in [-0.4, -0.2) is 48.9 Å². The molecule has 10 nitrogen and oxygen atoms in total. The lowest BCUT2D eigenvalue weighted by Gasteiger charge is -2.12. The largest absolute Gasteiger partial charge is 0.493 e. The number of nitriles is 1. The molecule has 0 saturated heterocycles. The number of carbonyl (C=O) groups is 1. The van der Waals surface area contributed by atoms with Crippen molar-refractivity contribution in [2.75, 3.05) is 33.8 Å². The van der Waals surface area contributed by atoms with E-state index in [2.05, 4.69) is 15.3 Å². The van der Waals surface area contributed by atoms with E-state index in [1.54, 1.807) is 44.6 Å². The van der Waals surface area contributed by atoms with E-state index in [1.165, 1.54) is 20.5 Å². The van der Waals surface area contributed by atoms with Crippen LogP contribution in [0, 0.1) is 11.3 Å². The average Bonchev–Trinajstić information content (AvgIpc) is 3.36. The van der Waals surface area contributed by atoms with E-state index in [9.17, 15) is 10.1 Å². The number of benzene rings is 3. The monoisotopic (exact) mass is 535 g/mol. The number of fused-ring (bicyclic) bond motifs is 2. The van der Waals surface area contributed by atoms with Crippen molar-refractivity contribution in [3.8, 4) is 34.9 Å². The maximum absolute atomic E-state index is 13.1. The quantitative estimate of drug-likeness (QED) is 0.214. The second-order valence-electron chi connectivity index (χ2n) is 8.59. The number of para-hydroxylation sites is 1. The van der Waals surface area contributed by atoms with Crippen LogP contribution in [0.3, 0.4) is 0 Å². The molecular weight excluding hydrogens is 510 g/mol. The molecule has 5 aromatic rings. The Morgan fingerprint density at radius 3 is 2.30 bits per heavy atom. The lowest BCUT2D eigenvalue weighted by Crippen LogP contribution is -2.13. The van der Waals surface area contributed by atoms with Gasteiger partial charge in [-0.3, -0.25) is 9.36 Å². The maximum Gasteiger partial charge on any atom is 0.266 e. The number of nitrogens with one attached hydrogen (secondary N) is 1. The molecule has 40 heavy (non-hydrogen) atoms. The van der Waals surface area contributed by atoms with Gasteiger partial charge in [0.05, 0.1) is 39.5 Å². The molecule has 2 heterocycles. The molecule has 10 heteroatoms. The number of hydrogen-bond acceptors (Lipinski definition) is 8. The smallest absolute Gasteiger partial charge is 0.266 e. The van der Waals surface area contributed by atoms with Gasteiger partial charge in [-0.2, -0.15) is 5.26 Å². The number of ether oxygens (including phenoxy) is 4. The Kier molecular flexibility index (Phi) is 7.20. The third kappa shape index (κ3) is 4.72. The van der Waals surface area contributed by atoms with Crippen LogP contribution in [0.25, 0.3) is 33.7 Å². The summed E-state index contributed by atoms with van der Waals surface area (Å²) in [6.45, 7) is 0. The van der Waals surface area contributed by atoms with Crippen LogP contribution in [0.2, 0.25) is 0 Å². The van der Waals surface area contributed by atoms with Crippen molar-refractivity contribution in [2.45, 2.75) is 0 Å². The second kappa shape index (κ2) is 11.0. The van der Waals surface area contributed by atoms with Crippen LogP contribution in [0.1, 0.15) is 5.56 Å². The normalized spacial score (nSPS) is 11.2. The molecule has 0 bridgehead atoms. The van der Waals surface area contributed by atoms with Crippen molar-refractivity contribution in [1.82, 2.24) is 14.5 Å². The van der Waals surface area contributed by atoms with Crippen molar-refractivity contribution < 1.29 is 23.7 Å². The highest BCUT2D eigenvalue weighted by Gasteiger charge is 2.17. The van der Waals surface area contributed by atoms with Crippen LogP contribution < -0.4 is 24.3 Å². The van der Waals surface area contributed by atoms with Gasteiger partial charge in [0.25, 0.3) is 5.91 Å². The summed E-state index contributed by atoms with van der Waals surface area (Å²) in [5.41, 5.74) is 2.56. The molecule has 0 aliphatic rings. The van der Waals surface area contributed by atoms with Crippen LogP contribution in [-0.2, 0) is 4.79 Å². The van der Waals surface area contributed by atoms with Gasteiger partial charge in [0.15, 0.2) is 23.0 Å². The van der Waals surface area contributed by atoms with Gasteiger partial charge < -0.3 is 24.3 Å². The fourth-order valence-corrected chi connectivity index (χ4v) is 4.47. The summed E-state index contributed by atoms with van der Waals surface area (Å²) in [5.74, 6) is 2.13. The number of aromatic nitrogens is 3. The lowest BCUT2D eigenvalue weighted by atomic mass is 10.1. The van der Waals surface area contributed by atoms with Crippen molar-refractivity contribution in [3.05, 3.63) is 78.3 Å². The Balaban J connectivity index is 1.58. The van der Waals surface area contributed by atoms with Gasteiger partial charge in [-0.05, 0) is 30.3 Å². The topological polar surface area (TPSA) is 121 Å². The number of nitrogens with zero attached hydrogens (tertiary/aromatic N) is 4. The Hall–Kier alpha value is -5.56. The molecule has 3 aromatic carbocycles. The number of methoxy groups -OCH3 is 4. The molecule has 0 aliphatic carbocycles. The molecule has 2 aromatic heterocycles. The van der Waals surface area contributed by atoms with Crippen molar-refractivity contribution >= 4 is 39.5 Å². The van der Waals surface area contributed by atoms with E-state index in [4.69, 9.17) is 18.9 Å². The zero-order valence-electron chi connectivity index (χ0n) is 22.3. The number of carbonyl (C=O) groups excluding carboxylic acids is 1. The summed E-state index contributed by atoms with van der Waals surface area (Å²) in [5, 5.41) is 14.2. The van der Waals surface area contributed by atoms with E-state index < -0.39 is 5.91 Å². The highest BCUT2D eigenvalue weighted by atomic mass is 16.5. The zero-order valence-corrected chi connectivity index (χ0v) is 22.3. The van der Waals surface area contributed by atoms with Gasteiger partial charge in [0.1, 0.15) is 23.8 Å². The molecule has 5 rings (SSSR count). The molecular formula is C30H25N5O5. The van der Waals surface area contributed by atoms with E-state index in [0.29, 0.717) is 45.6 Å². The minimum atomic E-state index is -0.559. The molecule has 200 valence electrons. The summed E-state index contributed by atoms with van der Waals surface area (Å²) in [6, 6.07) is 18.3. The first kappa shape index (κ1) is 26.1. The van der Waals surface area contributed by atoms with Crippen LogP contribution in [0.4, 0.5) is 5.69 Å². The van der Waals surface area contributed by atoms with Crippen molar-refractivity contribution in [3.63, 3.8) is 0 Å². The predicted octanol–water partition coefficient (Wildman–Crippen LogP) is 5.15. The molecule has 0 aliphatic heterocycles. The fourth-order valence-electron chi connectivity index (χ4n) is 4.47. The van der Waals surface area contributed by atoms with Gasteiger partial charge in [0, 0.05) is 40.4 Å². The predicted molar refractivity (Wildman–Crippen MR) is 151 cm³/mol. The summed E-state index contributed by atoms with van der Waals surface area (Å²) >= 11 is 0. The third-order valence-electron chi connectivity index (χ3n) is 6.40. The molecule has 0 radical (unpaired) electrons. The van der Waals surface area contributed by atoms with Gasteiger partial charge >= 0.3 is 0 Å². The SMILES string of the molecule is COc1ccc(NC(=O)/C(C#N)=C/c2cn(-c3ncnc4cc(OC)c(OC)cc34)c3ccccc23)cc1OC. The molecule has 0 spiro atoms. The van der Waals surface area contributed by atoms with Gasteiger partial charge in [-0.15, -0.1) is 0 Å². The molecule has 0 unspecified atom stereocenters. The Morgan fingerprint density at radius 2 is 1.57 bits per heavy atom. The molecule has 0 atom stereocenters. The summed E-state index contributed by atoms with van der Waals surface area (Å²) < 4.78 is 23.4. The summed E-state index contributed by atoms with van der Waals surface area (Å²) in [7, 11) is 6.17. The highest BCUT2D eigenvalue weighted by molar-refractivity contribution is 6.11. The zero-order chi connectivity index (χ0) is 28.2. The number of hydrogen-bond donors (Lipinski definition) is 1. The van der Waals surface area contributed by atoms with E-state index >= 15 is 0 Å². The first-order chi connectivity index (χ1) is 19.5. The maximum atomic E-state index is 13.1. The first-order valence-corrected chi connectivity index (χ1v) is 12.1. The molecule has 0 saturated carbocycles. The second-order valence-corrected chi connectivity index (χ2v) is 8.59. The summed E-state index contributed by atoms with van der Waals surface area (Å²) in [4.78, 5) is 22.1. The number of anilines is 1. The van der Waals surface area contributed by atoms with Gasteiger partial charge in [-0.1, -0.05) is 18.2 Å². The van der Waals surface area contributed by atoms with E-state index in [-0.39, 0.29) is 5.57 Å². The minimum Gasteiger partial charge on any atom is -0.493 e. The Morgan fingerprint density at radius 1 is 0.875 bits per heavy atom. The molecule has 0 fully saturated rings.